The van der Waals surface area contributed by atoms with E-state index in [1.54, 1.807) is 0 Å². The van der Waals surface area contributed by atoms with Crippen molar-refractivity contribution in [1.82, 2.24) is 5.32 Å². The van der Waals surface area contributed by atoms with Gasteiger partial charge in [-0.15, -0.1) is 0 Å². The van der Waals surface area contributed by atoms with Crippen molar-refractivity contribution in [3.8, 4) is 0 Å². The van der Waals surface area contributed by atoms with Crippen LogP contribution in [0.3, 0.4) is 0 Å². The van der Waals surface area contributed by atoms with E-state index in [4.69, 9.17) is 9.05 Å². The standard InChI is InChI=1S/C63H115N2O6P/c1-6-8-10-12-14-16-18-20-22-24-26-28-30-31-32-33-35-36-38-40-42-44-46-48-50-52-54-56-62(66)61(60-71-72(68,69)70-59-58-65(3,4)5)64-63(67)57-55-53-51-49-47-45-43-41-39-37-34-29-27-25-23-21-19-17-15-13-11-9-7-2/h9,11,15,17,21,23,27,29,37,39,43,45,49,51,61-62,66H,6-8,10,12-14,16,18-20,22,24-26,28,30-36,38,40-42,44,46-48,50,52-60H2,1-5H3,(H-,64,67,68,69)/p+1/b11-9-,17-15-,23-21-,29-27-,39-37-,45-43-,51-49-. The lowest BCUT2D eigenvalue weighted by Gasteiger charge is -2.26. The van der Waals surface area contributed by atoms with E-state index >= 15 is 0 Å². The first-order valence-corrected chi connectivity index (χ1v) is 31.4. The normalized spacial score (nSPS) is 14.5. The molecule has 0 aromatic rings. The molecule has 0 aromatic carbocycles. The number of carbonyl (C=O) groups is 1. The minimum atomic E-state index is -4.35. The summed E-state index contributed by atoms with van der Waals surface area (Å²) in [5.41, 5.74) is 0. The highest BCUT2D eigenvalue weighted by molar-refractivity contribution is 7.47. The SMILES string of the molecule is CC/C=C\C/C=C\C/C=C\C/C=C\C/C=C\C/C=C\C/C=C\CCCC(=O)NC(COP(=O)(O)OCC[N+](C)(C)C)C(O)CCCCCCCCCCCCCCCCCCCCCCCCCCCCC. The maximum Gasteiger partial charge on any atom is 0.472 e. The van der Waals surface area contributed by atoms with Crippen LogP contribution in [0.25, 0.3) is 0 Å². The molecule has 0 aliphatic carbocycles. The first-order valence-electron chi connectivity index (χ1n) is 30.0. The van der Waals surface area contributed by atoms with E-state index in [2.05, 4.69) is 104 Å². The van der Waals surface area contributed by atoms with Crippen molar-refractivity contribution >= 4 is 13.7 Å². The quantitative estimate of drug-likeness (QED) is 0.0243. The number of unbranched alkanes of at least 4 members (excludes halogenated alkanes) is 27. The Morgan fingerprint density at radius 3 is 1.17 bits per heavy atom. The summed E-state index contributed by atoms with van der Waals surface area (Å²) >= 11 is 0. The minimum absolute atomic E-state index is 0.0596. The summed E-state index contributed by atoms with van der Waals surface area (Å²) in [5, 5.41) is 14.0. The number of phosphoric ester groups is 1. The number of carbonyl (C=O) groups excluding carboxylic acids is 1. The highest BCUT2D eigenvalue weighted by atomic mass is 31.2. The maximum absolute atomic E-state index is 13.0. The number of amides is 1. The van der Waals surface area contributed by atoms with Gasteiger partial charge < -0.3 is 19.8 Å². The molecule has 0 aliphatic heterocycles. The fraction of sp³-hybridized carbons (Fsp3) is 0.762. The van der Waals surface area contributed by atoms with Gasteiger partial charge in [0.2, 0.25) is 5.91 Å². The van der Waals surface area contributed by atoms with Crippen LogP contribution in [0.15, 0.2) is 85.1 Å². The number of quaternary nitrogens is 1. The first kappa shape index (κ1) is 69.7. The summed E-state index contributed by atoms with van der Waals surface area (Å²) in [6.07, 6.45) is 75.2. The number of nitrogens with zero attached hydrogens (tertiary/aromatic N) is 1. The highest BCUT2D eigenvalue weighted by Crippen LogP contribution is 2.43. The van der Waals surface area contributed by atoms with Gasteiger partial charge in [0.05, 0.1) is 39.9 Å². The van der Waals surface area contributed by atoms with E-state index in [1.807, 2.05) is 21.1 Å². The van der Waals surface area contributed by atoms with E-state index in [1.165, 1.54) is 154 Å². The Bertz CT molecular complexity index is 1450. The lowest BCUT2D eigenvalue weighted by atomic mass is 10.0. The number of rotatable bonds is 54. The van der Waals surface area contributed by atoms with Gasteiger partial charge in [-0.25, -0.2) is 4.57 Å². The molecule has 3 unspecified atom stereocenters. The molecule has 0 bridgehead atoms. The zero-order valence-corrected chi connectivity index (χ0v) is 48.5. The summed E-state index contributed by atoms with van der Waals surface area (Å²) in [6, 6.07) is -0.798. The minimum Gasteiger partial charge on any atom is -0.391 e. The topological polar surface area (TPSA) is 105 Å². The predicted octanol–water partition coefficient (Wildman–Crippen LogP) is 18.4. The Kier molecular flexibility index (Phi) is 51.8. The summed E-state index contributed by atoms with van der Waals surface area (Å²) in [6.45, 7) is 4.75. The number of hydrogen-bond acceptors (Lipinski definition) is 5. The molecule has 3 atom stereocenters. The molecule has 1 amide bonds. The van der Waals surface area contributed by atoms with Crippen LogP contribution in [-0.2, 0) is 18.4 Å². The summed E-state index contributed by atoms with van der Waals surface area (Å²) < 4.78 is 23.8. The van der Waals surface area contributed by atoms with Gasteiger partial charge in [-0.2, -0.15) is 0 Å². The lowest BCUT2D eigenvalue weighted by molar-refractivity contribution is -0.870. The van der Waals surface area contributed by atoms with E-state index in [-0.39, 0.29) is 19.1 Å². The predicted molar refractivity (Wildman–Crippen MR) is 313 cm³/mol. The van der Waals surface area contributed by atoms with Crippen LogP contribution < -0.4 is 5.32 Å². The molecule has 8 nitrogen and oxygen atoms in total. The zero-order valence-electron chi connectivity index (χ0n) is 47.7. The molecule has 0 aromatic heterocycles. The van der Waals surface area contributed by atoms with Gasteiger partial charge in [0.15, 0.2) is 0 Å². The molecular weight excluding hydrogens is 912 g/mol. The van der Waals surface area contributed by atoms with Crippen LogP contribution in [0, 0.1) is 0 Å². The number of hydrogen-bond donors (Lipinski definition) is 3. The molecule has 0 spiro atoms. The Hall–Kier alpha value is -2.32. The molecule has 0 rings (SSSR count). The first-order chi connectivity index (χ1) is 35.0. The molecule has 0 heterocycles. The Morgan fingerprint density at radius 2 is 0.819 bits per heavy atom. The molecule has 3 N–H and O–H groups in total. The summed E-state index contributed by atoms with van der Waals surface area (Å²) in [5.74, 6) is -0.202. The Balaban J connectivity index is 4.24. The fourth-order valence-electron chi connectivity index (χ4n) is 8.51. The summed E-state index contributed by atoms with van der Waals surface area (Å²) in [4.78, 5) is 23.3. The van der Waals surface area contributed by atoms with Gasteiger partial charge in [0.1, 0.15) is 13.2 Å². The van der Waals surface area contributed by atoms with Crippen LogP contribution in [0.5, 0.6) is 0 Å². The van der Waals surface area contributed by atoms with Gasteiger partial charge >= 0.3 is 7.82 Å². The summed E-state index contributed by atoms with van der Waals surface area (Å²) in [7, 11) is 1.57. The molecule has 418 valence electrons. The molecule has 0 saturated carbocycles. The molecular formula is C63H116N2O6P+. The molecule has 0 aliphatic rings. The molecule has 0 fully saturated rings. The third kappa shape index (κ3) is 55.4. The molecule has 0 radical (unpaired) electrons. The third-order valence-corrected chi connectivity index (χ3v) is 14.1. The fourth-order valence-corrected chi connectivity index (χ4v) is 9.24. The second kappa shape index (κ2) is 53.5. The second-order valence-corrected chi connectivity index (χ2v) is 22.8. The van der Waals surface area contributed by atoms with Gasteiger partial charge in [-0.05, 0) is 64.2 Å². The van der Waals surface area contributed by atoms with Gasteiger partial charge in [-0.3, -0.25) is 13.8 Å². The average molecular weight is 1030 g/mol. The number of allylic oxidation sites excluding steroid dienone is 14. The van der Waals surface area contributed by atoms with Crippen LogP contribution in [-0.4, -0.2) is 73.4 Å². The largest absolute Gasteiger partial charge is 0.472 e. The van der Waals surface area contributed by atoms with Crippen LogP contribution in [0.2, 0.25) is 0 Å². The van der Waals surface area contributed by atoms with Crippen LogP contribution >= 0.6 is 7.82 Å². The number of phosphoric acid groups is 1. The number of aliphatic hydroxyl groups excluding tert-OH is 1. The van der Waals surface area contributed by atoms with Crippen LogP contribution in [0.4, 0.5) is 0 Å². The smallest absolute Gasteiger partial charge is 0.391 e. The molecule has 9 heteroatoms. The van der Waals surface area contributed by atoms with Gasteiger partial charge in [0, 0.05) is 6.42 Å². The number of nitrogens with one attached hydrogen (secondary N) is 1. The number of aliphatic hydroxyl groups is 1. The Morgan fingerprint density at radius 1 is 0.486 bits per heavy atom. The van der Waals surface area contributed by atoms with Crippen molar-refractivity contribution in [2.75, 3.05) is 40.9 Å². The van der Waals surface area contributed by atoms with Crippen molar-refractivity contribution in [2.45, 2.75) is 270 Å². The van der Waals surface area contributed by atoms with Gasteiger partial charge in [-0.1, -0.05) is 272 Å². The van der Waals surface area contributed by atoms with Gasteiger partial charge in [0.25, 0.3) is 0 Å². The lowest BCUT2D eigenvalue weighted by Crippen LogP contribution is -2.46. The van der Waals surface area contributed by atoms with E-state index in [0.717, 1.165) is 70.6 Å². The third-order valence-electron chi connectivity index (χ3n) is 13.2. The number of likely N-dealkylation sites (N-methyl/N-ethyl adjacent to an activating group) is 1. The zero-order chi connectivity index (χ0) is 52.7. The van der Waals surface area contributed by atoms with E-state index < -0.39 is 20.0 Å². The van der Waals surface area contributed by atoms with E-state index in [0.29, 0.717) is 30.3 Å². The highest BCUT2D eigenvalue weighted by Gasteiger charge is 2.28. The van der Waals surface area contributed by atoms with Crippen LogP contribution in [0.1, 0.15) is 258 Å². The van der Waals surface area contributed by atoms with Crippen molar-refractivity contribution in [1.29, 1.82) is 0 Å². The average Bonchev–Trinajstić information content (AvgIpc) is 3.34. The van der Waals surface area contributed by atoms with E-state index in [9.17, 15) is 19.4 Å². The molecule has 0 saturated heterocycles. The maximum atomic E-state index is 13.0. The van der Waals surface area contributed by atoms with Crippen molar-refractivity contribution < 1.29 is 32.9 Å². The molecule has 72 heavy (non-hydrogen) atoms. The van der Waals surface area contributed by atoms with Crippen molar-refractivity contribution in [3.05, 3.63) is 85.1 Å². The monoisotopic (exact) mass is 1030 g/mol. The van der Waals surface area contributed by atoms with Crippen molar-refractivity contribution in [2.24, 2.45) is 0 Å². The second-order valence-electron chi connectivity index (χ2n) is 21.3. The van der Waals surface area contributed by atoms with Crippen molar-refractivity contribution in [3.63, 3.8) is 0 Å². The Labute approximate surface area is 446 Å².